The zero-order valence-corrected chi connectivity index (χ0v) is 10.9. The van der Waals surface area contributed by atoms with E-state index in [0.717, 1.165) is 17.1 Å². The maximum atomic E-state index is 11.9. The molecule has 2 heterocycles. The van der Waals surface area contributed by atoms with Crippen LogP contribution in [0.1, 0.15) is 42.9 Å². The number of rotatable bonds is 3. The molecule has 18 heavy (non-hydrogen) atoms. The highest BCUT2D eigenvalue weighted by atomic mass is 16.3. The maximum absolute atomic E-state index is 11.9. The average molecular weight is 250 g/mol. The summed E-state index contributed by atoms with van der Waals surface area (Å²) in [5, 5.41) is 5.56. The summed E-state index contributed by atoms with van der Waals surface area (Å²) in [6.45, 7) is 5.66. The lowest BCUT2D eigenvalue weighted by Crippen LogP contribution is -2.42. The second kappa shape index (κ2) is 4.84. The van der Waals surface area contributed by atoms with E-state index in [1.165, 1.54) is 0 Å². The molecule has 0 saturated carbocycles. The Morgan fingerprint density at radius 1 is 1.56 bits per heavy atom. The molecule has 2 rings (SSSR count). The summed E-state index contributed by atoms with van der Waals surface area (Å²) in [5.41, 5.74) is 0.977. The Bertz CT molecular complexity index is 479. The molecular weight excluding hydrogens is 232 g/mol. The van der Waals surface area contributed by atoms with E-state index in [1.807, 2.05) is 26.8 Å². The van der Waals surface area contributed by atoms with Crippen molar-refractivity contribution in [2.75, 3.05) is 0 Å². The van der Waals surface area contributed by atoms with Crippen LogP contribution in [-0.2, 0) is 9.59 Å². The Balaban J connectivity index is 1.99. The van der Waals surface area contributed by atoms with E-state index in [0.29, 0.717) is 12.8 Å². The fourth-order valence-corrected chi connectivity index (χ4v) is 2.28. The van der Waals surface area contributed by atoms with Crippen LogP contribution in [-0.4, -0.2) is 17.9 Å². The van der Waals surface area contributed by atoms with Gasteiger partial charge in [0.2, 0.25) is 11.8 Å². The Hall–Kier alpha value is -1.78. The van der Waals surface area contributed by atoms with E-state index in [9.17, 15) is 9.59 Å². The van der Waals surface area contributed by atoms with Gasteiger partial charge in [0.1, 0.15) is 17.6 Å². The largest absolute Gasteiger partial charge is 0.466 e. The van der Waals surface area contributed by atoms with Crippen molar-refractivity contribution in [3.05, 3.63) is 23.2 Å². The average Bonchev–Trinajstić information content (AvgIpc) is 2.84. The quantitative estimate of drug-likeness (QED) is 0.850. The number of nitrogens with one attached hydrogen (secondary N) is 2. The third kappa shape index (κ3) is 2.55. The number of hydrogen-bond donors (Lipinski definition) is 2. The van der Waals surface area contributed by atoms with Gasteiger partial charge in [-0.3, -0.25) is 9.59 Å². The van der Waals surface area contributed by atoms with Gasteiger partial charge >= 0.3 is 0 Å². The molecule has 0 aliphatic carbocycles. The molecule has 1 aromatic rings. The SMILES string of the molecule is Cc1cc([C@@H](C)NC(=O)[C@@H]2CCC(=O)N2)c(C)o1. The molecule has 0 unspecified atom stereocenters. The molecule has 5 nitrogen and oxygen atoms in total. The van der Waals surface area contributed by atoms with Crippen molar-refractivity contribution in [1.29, 1.82) is 0 Å². The fraction of sp³-hybridized carbons (Fsp3) is 0.538. The number of carbonyl (C=O) groups excluding carboxylic acids is 2. The first-order valence-electron chi connectivity index (χ1n) is 6.14. The third-order valence-corrected chi connectivity index (χ3v) is 3.22. The highest BCUT2D eigenvalue weighted by molar-refractivity contribution is 5.90. The summed E-state index contributed by atoms with van der Waals surface area (Å²) in [5.74, 6) is 1.46. The van der Waals surface area contributed by atoms with Gasteiger partial charge in [0, 0.05) is 12.0 Å². The maximum Gasteiger partial charge on any atom is 0.243 e. The van der Waals surface area contributed by atoms with Crippen LogP contribution in [0.2, 0.25) is 0 Å². The molecule has 1 fully saturated rings. The Morgan fingerprint density at radius 2 is 2.28 bits per heavy atom. The number of amides is 2. The molecule has 5 heteroatoms. The Kier molecular flexibility index (Phi) is 3.41. The minimum absolute atomic E-state index is 0.0573. The first kappa shape index (κ1) is 12.7. The topological polar surface area (TPSA) is 71.3 Å². The van der Waals surface area contributed by atoms with Crippen molar-refractivity contribution in [2.45, 2.75) is 45.7 Å². The van der Waals surface area contributed by atoms with Crippen LogP contribution in [0.15, 0.2) is 10.5 Å². The monoisotopic (exact) mass is 250 g/mol. The van der Waals surface area contributed by atoms with Gasteiger partial charge in [0.25, 0.3) is 0 Å². The third-order valence-electron chi connectivity index (χ3n) is 3.22. The molecular formula is C13H18N2O3. The minimum atomic E-state index is -0.395. The van der Waals surface area contributed by atoms with Gasteiger partial charge in [-0.25, -0.2) is 0 Å². The summed E-state index contributed by atoms with van der Waals surface area (Å²) in [6.07, 6.45) is 0.997. The second-order valence-corrected chi connectivity index (χ2v) is 4.76. The predicted octanol–water partition coefficient (Wildman–Crippen LogP) is 1.35. The normalized spacial score (nSPS) is 20.6. The van der Waals surface area contributed by atoms with Gasteiger partial charge in [0.15, 0.2) is 0 Å². The second-order valence-electron chi connectivity index (χ2n) is 4.76. The first-order valence-corrected chi connectivity index (χ1v) is 6.14. The van der Waals surface area contributed by atoms with Crippen LogP contribution < -0.4 is 10.6 Å². The molecule has 0 radical (unpaired) electrons. The van der Waals surface area contributed by atoms with Gasteiger partial charge in [-0.15, -0.1) is 0 Å². The summed E-state index contributed by atoms with van der Waals surface area (Å²) >= 11 is 0. The van der Waals surface area contributed by atoms with Crippen molar-refractivity contribution in [3.8, 4) is 0 Å². The highest BCUT2D eigenvalue weighted by Crippen LogP contribution is 2.21. The van der Waals surface area contributed by atoms with Crippen LogP contribution in [0.4, 0.5) is 0 Å². The molecule has 98 valence electrons. The van der Waals surface area contributed by atoms with Crippen LogP contribution in [0.3, 0.4) is 0 Å². The van der Waals surface area contributed by atoms with Crippen molar-refractivity contribution in [3.63, 3.8) is 0 Å². The van der Waals surface area contributed by atoms with Crippen molar-refractivity contribution in [1.82, 2.24) is 10.6 Å². The van der Waals surface area contributed by atoms with Gasteiger partial charge in [-0.05, 0) is 33.3 Å². The fourth-order valence-electron chi connectivity index (χ4n) is 2.28. The summed E-state index contributed by atoms with van der Waals surface area (Å²) < 4.78 is 5.44. The van der Waals surface area contributed by atoms with Gasteiger partial charge in [0.05, 0.1) is 6.04 Å². The Morgan fingerprint density at radius 3 is 2.78 bits per heavy atom. The molecule has 2 amide bonds. The molecule has 0 bridgehead atoms. The molecule has 0 spiro atoms. The van der Waals surface area contributed by atoms with E-state index < -0.39 is 6.04 Å². The van der Waals surface area contributed by atoms with Crippen molar-refractivity contribution >= 4 is 11.8 Å². The molecule has 1 saturated heterocycles. The zero-order chi connectivity index (χ0) is 13.3. The number of hydrogen-bond acceptors (Lipinski definition) is 3. The van der Waals surface area contributed by atoms with Crippen LogP contribution in [0.25, 0.3) is 0 Å². The van der Waals surface area contributed by atoms with Crippen LogP contribution >= 0.6 is 0 Å². The smallest absolute Gasteiger partial charge is 0.243 e. The zero-order valence-electron chi connectivity index (χ0n) is 10.9. The standard InChI is InChI=1S/C13H18N2O3/c1-7-6-10(9(3)18-7)8(2)14-13(17)11-4-5-12(16)15-11/h6,8,11H,4-5H2,1-3H3,(H,14,17)(H,15,16)/t8-,11+/m1/s1. The highest BCUT2D eigenvalue weighted by Gasteiger charge is 2.28. The van der Waals surface area contributed by atoms with Crippen LogP contribution in [0.5, 0.6) is 0 Å². The molecule has 2 atom stereocenters. The molecule has 1 aromatic heterocycles. The number of furan rings is 1. The van der Waals surface area contributed by atoms with Crippen molar-refractivity contribution < 1.29 is 14.0 Å². The lowest BCUT2D eigenvalue weighted by Gasteiger charge is -2.16. The summed E-state index contributed by atoms with van der Waals surface area (Å²) in [4.78, 5) is 23.0. The van der Waals surface area contributed by atoms with E-state index in [4.69, 9.17) is 4.42 Å². The van der Waals surface area contributed by atoms with Gasteiger partial charge in [-0.1, -0.05) is 0 Å². The lowest BCUT2D eigenvalue weighted by atomic mass is 10.1. The number of carbonyl (C=O) groups is 2. The molecule has 1 aliphatic rings. The predicted molar refractivity (Wildman–Crippen MR) is 65.9 cm³/mol. The molecule has 2 N–H and O–H groups in total. The molecule has 0 aromatic carbocycles. The van der Waals surface area contributed by atoms with E-state index >= 15 is 0 Å². The van der Waals surface area contributed by atoms with Gasteiger partial charge < -0.3 is 15.1 Å². The molecule has 1 aliphatic heterocycles. The first-order chi connectivity index (χ1) is 8.47. The van der Waals surface area contributed by atoms with E-state index in [-0.39, 0.29) is 17.9 Å². The number of aryl methyl sites for hydroxylation is 2. The van der Waals surface area contributed by atoms with E-state index in [1.54, 1.807) is 0 Å². The van der Waals surface area contributed by atoms with Crippen LogP contribution in [0, 0.1) is 13.8 Å². The Labute approximate surface area is 106 Å². The summed E-state index contributed by atoms with van der Waals surface area (Å²) in [7, 11) is 0. The van der Waals surface area contributed by atoms with Crippen molar-refractivity contribution in [2.24, 2.45) is 0 Å². The summed E-state index contributed by atoms with van der Waals surface area (Å²) in [6, 6.07) is 1.41. The minimum Gasteiger partial charge on any atom is -0.466 e. The lowest BCUT2D eigenvalue weighted by molar-refractivity contribution is -0.126. The van der Waals surface area contributed by atoms with Gasteiger partial charge in [-0.2, -0.15) is 0 Å². The van der Waals surface area contributed by atoms with E-state index in [2.05, 4.69) is 10.6 Å².